The predicted molar refractivity (Wildman–Crippen MR) is 74.8 cm³/mol. The molecular weight excluding hydrogens is 240 g/mol. The van der Waals surface area contributed by atoms with Crippen molar-refractivity contribution >= 4 is 5.91 Å². The van der Waals surface area contributed by atoms with Gasteiger partial charge >= 0.3 is 0 Å². The predicted octanol–water partition coefficient (Wildman–Crippen LogP) is 0.577. The van der Waals surface area contributed by atoms with Crippen molar-refractivity contribution in [3.63, 3.8) is 0 Å². The number of carbonyl (C=O) groups excluding carboxylic acids is 1. The monoisotopic (exact) mass is 262 g/mol. The van der Waals surface area contributed by atoms with Gasteiger partial charge in [-0.3, -0.25) is 14.7 Å². The summed E-state index contributed by atoms with van der Waals surface area (Å²) in [4.78, 5) is 20.5. The van der Waals surface area contributed by atoms with Gasteiger partial charge in [0.15, 0.2) is 0 Å². The van der Waals surface area contributed by atoms with Gasteiger partial charge in [-0.1, -0.05) is 6.92 Å². The van der Waals surface area contributed by atoms with Crippen molar-refractivity contribution in [2.75, 3.05) is 32.7 Å². The average molecular weight is 262 g/mol. The number of nitrogens with zero attached hydrogens (tertiary/aromatic N) is 3. The third-order valence-corrected chi connectivity index (χ3v) is 3.77. The molecule has 0 aromatic carbocycles. The Labute approximate surface area is 114 Å². The van der Waals surface area contributed by atoms with Crippen molar-refractivity contribution < 1.29 is 4.79 Å². The summed E-state index contributed by atoms with van der Waals surface area (Å²) in [5.74, 6) is 0.0774. The first-order chi connectivity index (χ1) is 9.26. The molecule has 0 bridgehead atoms. The van der Waals surface area contributed by atoms with E-state index in [0.29, 0.717) is 18.2 Å². The molecule has 104 valence electrons. The molecule has 2 rings (SSSR count). The van der Waals surface area contributed by atoms with E-state index in [2.05, 4.69) is 16.8 Å². The Bertz CT molecular complexity index is 397. The van der Waals surface area contributed by atoms with E-state index in [-0.39, 0.29) is 5.91 Å². The molecule has 1 amide bonds. The van der Waals surface area contributed by atoms with Crippen LogP contribution in [0.1, 0.15) is 23.7 Å². The first kappa shape index (κ1) is 14.0. The molecule has 1 aromatic rings. The van der Waals surface area contributed by atoms with Crippen LogP contribution < -0.4 is 5.73 Å². The van der Waals surface area contributed by atoms with E-state index < -0.39 is 0 Å². The maximum Gasteiger partial charge on any atom is 0.255 e. The molecule has 1 unspecified atom stereocenters. The van der Waals surface area contributed by atoms with Gasteiger partial charge in [-0.25, -0.2) is 0 Å². The largest absolute Gasteiger partial charge is 0.336 e. The lowest BCUT2D eigenvalue weighted by molar-refractivity contribution is 0.0571. The molecular formula is C14H22N4O. The summed E-state index contributed by atoms with van der Waals surface area (Å²) in [7, 11) is 0. The Kier molecular flexibility index (Phi) is 4.87. The zero-order valence-corrected chi connectivity index (χ0v) is 11.5. The number of hydrogen-bond donors (Lipinski definition) is 1. The number of amides is 1. The SMILES string of the molecule is CCC(CN)N1CCN(C(=O)c2cccnc2)CC1. The third-order valence-electron chi connectivity index (χ3n) is 3.77. The molecule has 1 saturated heterocycles. The molecule has 2 N–H and O–H groups in total. The second-order valence-electron chi connectivity index (χ2n) is 4.87. The second kappa shape index (κ2) is 6.63. The molecule has 2 heterocycles. The highest BCUT2D eigenvalue weighted by Crippen LogP contribution is 2.11. The van der Waals surface area contributed by atoms with Crippen molar-refractivity contribution in [3.8, 4) is 0 Å². The average Bonchev–Trinajstić information content (AvgIpc) is 2.49. The maximum atomic E-state index is 12.3. The maximum absolute atomic E-state index is 12.3. The van der Waals surface area contributed by atoms with Crippen molar-refractivity contribution in [2.24, 2.45) is 5.73 Å². The van der Waals surface area contributed by atoms with Gasteiger partial charge in [0.05, 0.1) is 5.56 Å². The molecule has 1 aromatic heterocycles. The number of hydrogen-bond acceptors (Lipinski definition) is 4. The zero-order valence-electron chi connectivity index (χ0n) is 11.5. The van der Waals surface area contributed by atoms with Crippen LogP contribution in [0.25, 0.3) is 0 Å². The summed E-state index contributed by atoms with van der Waals surface area (Å²) < 4.78 is 0. The molecule has 0 saturated carbocycles. The lowest BCUT2D eigenvalue weighted by Crippen LogP contribution is -2.53. The first-order valence-corrected chi connectivity index (χ1v) is 6.89. The lowest BCUT2D eigenvalue weighted by atomic mass is 10.1. The number of nitrogens with two attached hydrogens (primary N) is 1. The molecule has 5 heteroatoms. The molecule has 5 nitrogen and oxygen atoms in total. The summed E-state index contributed by atoms with van der Waals surface area (Å²) in [5, 5.41) is 0. The number of rotatable bonds is 4. The zero-order chi connectivity index (χ0) is 13.7. The van der Waals surface area contributed by atoms with Crippen LogP contribution in [0.5, 0.6) is 0 Å². The lowest BCUT2D eigenvalue weighted by Gasteiger charge is -2.38. The minimum atomic E-state index is 0.0774. The van der Waals surface area contributed by atoms with Crippen molar-refractivity contribution in [3.05, 3.63) is 30.1 Å². The third kappa shape index (κ3) is 3.30. The van der Waals surface area contributed by atoms with E-state index in [9.17, 15) is 4.79 Å². The van der Waals surface area contributed by atoms with Crippen molar-refractivity contribution in [2.45, 2.75) is 19.4 Å². The van der Waals surface area contributed by atoms with Crippen LogP contribution in [-0.4, -0.2) is 59.5 Å². The molecule has 1 fully saturated rings. The summed E-state index contributed by atoms with van der Waals surface area (Å²) in [6.45, 7) is 6.19. The molecule has 19 heavy (non-hydrogen) atoms. The van der Waals surface area contributed by atoms with E-state index in [0.717, 1.165) is 32.6 Å². The fraction of sp³-hybridized carbons (Fsp3) is 0.571. The Morgan fingerprint density at radius 3 is 2.68 bits per heavy atom. The van der Waals surface area contributed by atoms with Crippen LogP contribution in [0.15, 0.2) is 24.5 Å². The minimum absolute atomic E-state index is 0.0774. The van der Waals surface area contributed by atoms with E-state index in [1.165, 1.54) is 0 Å². The number of piperazine rings is 1. The standard InChI is InChI=1S/C14H22N4O/c1-2-13(10-15)17-6-8-18(9-7-17)14(19)12-4-3-5-16-11-12/h3-5,11,13H,2,6-10,15H2,1H3. The van der Waals surface area contributed by atoms with Crippen LogP contribution >= 0.6 is 0 Å². The smallest absolute Gasteiger partial charge is 0.255 e. The quantitative estimate of drug-likeness (QED) is 0.862. The fourth-order valence-corrected chi connectivity index (χ4v) is 2.54. The summed E-state index contributed by atoms with van der Waals surface area (Å²) in [5.41, 5.74) is 6.44. The summed E-state index contributed by atoms with van der Waals surface area (Å²) in [6.07, 6.45) is 4.37. The van der Waals surface area contributed by atoms with Gasteiger partial charge in [0.2, 0.25) is 0 Å². The van der Waals surface area contributed by atoms with Crippen LogP contribution in [0, 0.1) is 0 Å². The van der Waals surface area contributed by atoms with Crippen LogP contribution in [0.4, 0.5) is 0 Å². The van der Waals surface area contributed by atoms with Crippen molar-refractivity contribution in [1.29, 1.82) is 0 Å². The highest BCUT2D eigenvalue weighted by Gasteiger charge is 2.25. The Morgan fingerprint density at radius 2 is 2.16 bits per heavy atom. The van der Waals surface area contributed by atoms with Crippen LogP contribution in [-0.2, 0) is 0 Å². The van der Waals surface area contributed by atoms with Gasteiger partial charge in [0.1, 0.15) is 0 Å². The highest BCUT2D eigenvalue weighted by atomic mass is 16.2. The second-order valence-corrected chi connectivity index (χ2v) is 4.87. The Hall–Kier alpha value is -1.46. The van der Waals surface area contributed by atoms with Gasteiger partial charge in [-0.15, -0.1) is 0 Å². The molecule has 0 aliphatic carbocycles. The van der Waals surface area contributed by atoms with E-state index >= 15 is 0 Å². The van der Waals surface area contributed by atoms with Crippen LogP contribution in [0.3, 0.4) is 0 Å². The van der Waals surface area contributed by atoms with Gasteiger partial charge in [-0.2, -0.15) is 0 Å². The minimum Gasteiger partial charge on any atom is -0.336 e. The van der Waals surface area contributed by atoms with E-state index in [1.54, 1.807) is 18.5 Å². The van der Waals surface area contributed by atoms with Gasteiger partial charge in [-0.05, 0) is 18.6 Å². The van der Waals surface area contributed by atoms with E-state index in [4.69, 9.17) is 5.73 Å². The summed E-state index contributed by atoms with van der Waals surface area (Å²) in [6, 6.07) is 4.05. The van der Waals surface area contributed by atoms with Gasteiger partial charge in [0, 0.05) is 51.2 Å². The number of carbonyl (C=O) groups is 1. The topological polar surface area (TPSA) is 62.5 Å². The van der Waals surface area contributed by atoms with Gasteiger partial charge < -0.3 is 10.6 Å². The fourth-order valence-electron chi connectivity index (χ4n) is 2.54. The Morgan fingerprint density at radius 1 is 1.42 bits per heavy atom. The summed E-state index contributed by atoms with van der Waals surface area (Å²) >= 11 is 0. The number of pyridine rings is 1. The van der Waals surface area contributed by atoms with Crippen molar-refractivity contribution in [1.82, 2.24) is 14.8 Å². The molecule has 1 atom stereocenters. The highest BCUT2D eigenvalue weighted by molar-refractivity contribution is 5.93. The molecule has 1 aliphatic heterocycles. The van der Waals surface area contributed by atoms with E-state index in [1.807, 2.05) is 11.0 Å². The molecule has 0 radical (unpaired) electrons. The number of aromatic nitrogens is 1. The first-order valence-electron chi connectivity index (χ1n) is 6.89. The normalized spacial score (nSPS) is 18.3. The van der Waals surface area contributed by atoms with Crippen LogP contribution in [0.2, 0.25) is 0 Å². The Balaban J connectivity index is 1.91. The van der Waals surface area contributed by atoms with Gasteiger partial charge in [0.25, 0.3) is 5.91 Å². The molecule has 0 spiro atoms. The molecule has 1 aliphatic rings.